The minimum atomic E-state index is -1.05. The topological polar surface area (TPSA) is 21.3 Å². The zero-order valence-electron chi connectivity index (χ0n) is 11.6. The van der Waals surface area contributed by atoms with E-state index in [0.717, 1.165) is 19.6 Å². The normalized spacial score (nSPS) is 11.4. The molecule has 0 aromatic heterocycles. The number of hydroxylamine groups is 1. The predicted molar refractivity (Wildman–Crippen MR) is 81.1 cm³/mol. The lowest BCUT2D eigenvalue weighted by molar-refractivity contribution is 0.0369. The van der Waals surface area contributed by atoms with E-state index >= 15 is 0 Å². The largest absolute Gasteiger partial charge is 0.301 e. The Bertz CT molecular complexity index is 338. The molecule has 0 spiro atoms. The van der Waals surface area contributed by atoms with Crippen LogP contribution in [0.15, 0.2) is 43.0 Å². The Morgan fingerprint density at radius 3 is 2.67 bits per heavy atom. The predicted octanol–water partition coefficient (Wildman–Crippen LogP) is 3.99. The first-order valence-electron chi connectivity index (χ1n) is 6.63. The Hall–Kier alpha value is -0.903. The summed E-state index contributed by atoms with van der Waals surface area (Å²) in [6.07, 6.45) is 3.19. The molecule has 0 unspecified atom stereocenters. The van der Waals surface area contributed by atoms with Crippen molar-refractivity contribution in [3.63, 3.8) is 0 Å². The number of benzene rings is 1. The van der Waals surface area contributed by atoms with Crippen molar-refractivity contribution in [3.8, 4) is 0 Å². The minimum Gasteiger partial charge on any atom is -0.301 e. The molecule has 1 rings (SSSR count). The van der Waals surface area contributed by atoms with Gasteiger partial charge in [0, 0.05) is 6.54 Å². The molecule has 18 heavy (non-hydrogen) atoms. The lowest BCUT2D eigenvalue weighted by Crippen LogP contribution is -2.25. The van der Waals surface area contributed by atoms with E-state index in [1.807, 2.05) is 18.2 Å². The van der Waals surface area contributed by atoms with E-state index in [0.29, 0.717) is 0 Å². The second-order valence-electron chi connectivity index (χ2n) is 5.42. The summed E-state index contributed by atoms with van der Waals surface area (Å²) in [4.78, 5) is 5.46. The van der Waals surface area contributed by atoms with E-state index < -0.39 is 8.07 Å². The van der Waals surface area contributed by atoms with Gasteiger partial charge in [0.2, 0.25) is 0 Å². The van der Waals surface area contributed by atoms with Gasteiger partial charge in [0.25, 0.3) is 0 Å². The van der Waals surface area contributed by atoms with Gasteiger partial charge in [-0.3, -0.25) is 0 Å². The van der Waals surface area contributed by atoms with E-state index in [9.17, 15) is 0 Å². The van der Waals surface area contributed by atoms with Crippen molar-refractivity contribution in [1.29, 1.82) is 0 Å². The molecule has 0 bridgehead atoms. The van der Waals surface area contributed by atoms with Crippen molar-refractivity contribution in [1.82, 2.24) is 5.48 Å². The third-order valence-corrected chi connectivity index (χ3v) is 6.12. The van der Waals surface area contributed by atoms with Gasteiger partial charge < -0.3 is 4.84 Å². The molecule has 0 saturated heterocycles. The van der Waals surface area contributed by atoms with Crippen LogP contribution in [-0.2, 0) is 11.4 Å². The standard InChI is InChI=1S/C15H25NOSi/c1-4-12-18(2,3)13-8-11-17-16-14-15-9-6-5-7-10-15/h4-7,9-10,16H,1,8,11-14H2,2-3H3. The van der Waals surface area contributed by atoms with Gasteiger partial charge in [-0.05, 0) is 18.0 Å². The highest BCUT2D eigenvalue weighted by Gasteiger charge is 2.17. The average molecular weight is 263 g/mol. The smallest absolute Gasteiger partial charge is 0.0679 e. The number of allylic oxidation sites excluding steroid dienone is 1. The van der Waals surface area contributed by atoms with Crippen LogP contribution in [0.4, 0.5) is 0 Å². The van der Waals surface area contributed by atoms with Crippen molar-refractivity contribution in [2.75, 3.05) is 6.61 Å². The van der Waals surface area contributed by atoms with Gasteiger partial charge in [-0.2, -0.15) is 5.48 Å². The van der Waals surface area contributed by atoms with Gasteiger partial charge in [-0.1, -0.05) is 55.5 Å². The molecule has 0 heterocycles. The average Bonchev–Trinajstić information content (AvgIpc) is 2.35. The number of rotatable bonds is 9. The van der Waals surface area contributed by atoms with Crippen LogP contribution in [-0.4, -0.2) is 14.7 Å². The first kappa shape index (κ1) is 15.2. The van der Waals surface area contributed by atoms with Gasteiger partial charge in [0.05, 0.1) is 14.7 Å². The first-order valence-corrected chi connectivity index (χ1v) is 10.0. The van der Waals surface area contributed by atoms with E-state index in [4.69, 9.17) is 4.84 Å². The zero-order valence-corrected chi connectivity index (χ0v) is 12.6. The SMILES string of the molecule is C=CC[Si](C)(C)CCCONCc1ccccc1. The van der Waals surface area contributed by atoms with Gasteiger partial charge in [0.1, 0.15) is 0 Å². The zero-order chi connectivity index (χ0) is 13.3. The summed E-state index contributed by atoms with van der Waals surface area (Å²) in [5.74, 6) is 0. The summed E-state index contributed by atoms with van der Waals surface area (Å²) in [5.41, 5.74) is 4.26. The quantitative estimate of drug-likeness (QED) is 0.315. The van der Waals surface area contributed by atoms with Crippen LogP contribution in [0.1, 0.15) is 12.0 Å². The molecule has 0 amide bonds. The fourth-order valence-corrected chi connectivity index (χ4v) is 4.01. The third kappa shape index (κ3) is 6.74. The molecule has 2 nitrogen and oxygen atoms in total. The molecule has 1 N–H and O–H groups in total. The monoisotopic (exact) mass is 263 g/mol. The highest BCUT2D eigenvalue weighted by molar-refractivity contribution is 6.77. The van der Waals surface area contributed by atoms with Crippen LogP contribution in [0.25, 0.3) is 0 Å². The van der Waals surface area contributed by atoms with Crippen molar-refractivity contribution in [2.45, 2.75) is 38.1 Å². The fourth-order valence-electron chi connectivity index (χ4n) is 1.92. The fraction of sp³-hybridized carbons (Fsp3) is 0.467. The molecule has 0 aliphatic heterocycles. The van der Waals surface area contributed by atoms with Crippen LogP contribution < -0.4 is 5.48 Å². The maximum atomic E-state index is 5.46. The van der Waals surface area contributed by atoms with Crippen LogP contribution in [0, 0.1) is 0 Å². The summed E-state index contributed by atoms with van der Waals surface area (Å²) < 4.78 is 0. The lowest BCUT2D eigenvalue weighted by atomic mass is 10.2. The van der Waals surface area contributed by atoms with Gasteiger partial charge in [-0.25, -0.2) is 0 Å². The van der Waals surface area contributed by atoms with Crippen molar-refractivity contribution in [3.05, 3.63) is 48.6 Å². The molecular formula is C15H25NOSi. The first-order chi connectivity index (χ1) is 8.64. The molecule has 0 aliphatic rings. The Morgan fingerprint density at radius 2 is 2.00 bits per heavy atom. The van der Waals surface area contributed by atoms with E-state index in [1.54, 1.807) is 0 Å². The number of hydrogen-bond acceptors (Lipinski definition) is 2. The molecule has 1 aromatic rings. The number of nitrogens with one attached hydrogen (secondary N) is 1. The van der Waals surface area contributed by atoms with Crippen LogP contribution >= 0.6 is 0 Å². The van der Waals surface area contributed by atoms with Gasteiger partial charge >= 0.3 is 0 Å². The molecular weight excluding hydrogens is 238 g/mol. The third-order valence-electron chi connectivity index (χ3n) is 3.02. The maximum Gasteiger partial charge on any atom is 0.0679 e. The molecule has 0 atom stereocenters. The summed E-state index contributed by atoms with van der Waals surface area (Å²) in [7, 11) is -1.05. The van der Waals surface area contributed by atoms with Gasteiger partial charge in [0.15, 0.2) is 0 Å². The summed E-state index contributed by atoms with van der Waals surface area (Å²) in [6, 6.07) is 12.8. The Labute approximate surface area is 112 Å². The van der Waals surface area contributed by atoms with Gasteiger partial charge in [-0.15, -0.1) is 6.58 Å². The highest BCUT2D eigenvalue weighted by Crippen LogP contribution is 2.17. The molecule has 0 radical (unpaired) electrons. The second kappa shape index (κ2) is 8.24. The summed E-state index contributed by atoms with van der Waals surface area (Å²) in [6.45, 7) is 10.2. The minimum absolute atomic E-state index is 0.772. The molecule has 3 heteroatoms. The molecule has 100 valence electrons. The van der Waals surface area contributed by atoms with Crippen molar-refractivity contribution in [2.24, 2.45) is 0 Å². The maximum absolute atomic E-state index is 5.46. The molecule has 0 fully saturated rings. The lowest BCUT2D eigenvalue weighted by Gasteiger charge is -2.19. The Morgan fingerprint density at radius 1 is 1.28 bits per heavy atom. The second-order valence-corrected chi connectivity index (χ2v) is 10.7. The van der Waals surface area contributed by atoms with Crippen molar-refractivity contribution >= 4 is 8.07 Å². The summed E-state index contributed by atoms with van der Waals surface area (Å²) >= 11 is 0. The van der Waals surface area contributed by atoms with Crippen LogP contribution in [0.5, 0.6) is 0 Å². The molecule has 0 aliphatic carbocycles. The molecule has 1 aromatic carbocycles. The van der Waals surface area contributed by atoms with Crippen molar-refractivity contribution < 1.29 is 4.84 Å². The highest BCUT2D eigenvalue weighted by atomic mass is 28.3. The van der Waals surface area contributed by atoms with E-state index in [1.165, 1.54) is 17.7 Å². The summed E-state index contributed by atoms with van der Waals surface area (Å²) in [5, 5.41) is 0. The molecule has 0 saturated carbocycles. The van der Waals surface area contributed by atoms with E-state index in [-0.39, 0.29) is 0 Å². The Balaban J connectivity index is 2.04. The van der Waals surface area contributed by atoms with E-state index in [2.05, 4.69) is 43.4 Å². The van der Waals surface area contributed by atoms with Crippen LogP contribution in [0.2, 0.25) is 25.2 Å². The number of hydrogen-bond donors (Lipinski definition) is 1. The van der Waals surface area contributed by atoms with Crippen LogP contribution in [0.3, 0.4) is 0 Å². The Kier molecular flexibility index (Phi) is 6.94.